The summed E-state index contributed by atoms with van der Waals surface area (Å²) >= 11 is 0. The van der Waals surface area contributed by atoms with Gasteiger partial charge in [-0.15, -0.1) is 0 Å². The van der Waals surface area contributed by atoms with Crippen LogP contribution in [0.5, 0.6) is 0 Å². The third-order valence-corrected chi connectivity index (χ3v) is 3.63. The Labute approximate surface area is 143 Å². The van der Waals surface area contributed by atoms with Gasteiger partial charge in [-0.1, -0.05) is 0 Å². The van der Waals surface area contributed by atoms with Crippen LogP contribution in [0.1, 0.15) is 17.3 Å². The summed E-state index contributed by atoms with van der Waals surface area (Å²) < 4.78 is 46.8. The minimum atomic E-state index is -1.25. The first-order chi connectivity index (χ1) is 12.3. The molecule has 0 bridgehead atoms. The van der Waals surface area contributed by atoms with Crippen LogP contribution in [0.2, 0.25) is 0 Å². The molecule has 0 saturated carbocycles. The van der Waals surface area contributed by atoms with Crippen molar-refractivity contribution in [2.24, 2.45) is 0 Å². The number of hydrogen-bond acceptors (Lipinski definition) is 4. The topological polar surface area (TPSA) is 81.2 Å². The second-order valence-corrected chi connectivity index (χ2v) is 5.27. The zero-order valence-corrected chi connectivity index (χ0v) is 13.3. The van der Waals surface area contributed by atoms with E-state index >= 15 is 0 Å². The monoisotopic (exact) mass is 364 g/mol. The summed E-state index contributed by atoms with van der Waals surface area (Å²) in [5.41, 5.74) is -3.04. The van der Waals surface area contributed by atoms with Gasteiger partial charge in [0.1, 0.15) is 22.8 Å². The zero-order valence-electron chi connectivity index (χ0n) is 13.3. The van der Waals surface area contributed by atoms with Crippen molar-refractivity contribution in [2.45, 2.75) is 6.92 Å². The zero-order chi connectivity index (χ0) is 19.0. The highest BCUT2D eigenvalue weighted by Gasteiger charge is 2.20. The Hall–Kier alpha value is -3.36. The number of benzene rings is 1. The van der Waals surface area contributed by atoms with Gasteiger partial charge < -0.3 is 9.72 Å². The highest BCUT2D eigenvalue weighted by atomic mass is 19.1. The Balaban J connectivity index is 2.45. The fraction of sp³-hybridized carbons (Fsp3) is 0.118. The third-order valence-electron chi connectivity index (χ3n) is 3.63. The van der Waals surface area contributed by atoms with Crippen LogP contribution in [0.15, 0.2) is 40.1 Å². The number of fused-ring (bicyclic) bond motifs is 1. The lowest BCUT2D eigenvalue weighted by molar-refractivity contribution is 0.0524. The van der Waals surface area contributed by atoms with Crippen LogP contribution < -0.4 is 11.0 Å². The number of halogens is 3. The van der Waals surface area contributed by atoms with Crippen LogP contribution in [0, 0.1) is 17.5 Å². The van der Waals surface area contributed by atoms with E-state index in [4.69, 9.17) is 4.74 Å². The molecular weight excluding hydrogens is 353 g/mol. The molecular formula is C17H11F3N2O4. The predicted octanol–water partition coefficient (Wildman–Crippen LogP) is 2.27. The molecule has 134 valence electrons. The molecule has 0 aliphatic rings. The summed E-state index contributed by atoms with van der Waals surface area (Å²) in [5, 5.41) is -0.364. The molecule has 1 N–H and O–H groups in total. The summed E-state index contributed by atoms with van der Waals surface area (Å²) in [6, 6.07) is 3.24. The van der Waals surface area contributed by atoms with Crippen molar-refractivity contribution >= 4 is 17.0 Å². The van der Waals surface area contributed by atoms with Gasteiger partial charge in [0.05, 0.1) is 17.7 Å². The van der Waals surface area contributed by atoms with Gasteiger partial charge in [-0.25, -0.2) is 18.0 Å². The molecule has 0 amide bonds. The second-order valence-electron chi connectivity index (χ2n) is 5.27. The van der Waals surface area contributed by atoms with E-state index < -0.39 is 40.0 Å². The van der Waals surface area contributed by atoms with Gasteiger partial charge in [-0.2, -0.15) is 0 Å². The van der Waals surface area contributed by atoms with Crippen molar-refractivity contribution in [3.63, 3.8) is 0 Å². The van der Waals surface area contributed by atoms with Gasteiger partial charge in [0, 0.05) is 12.3 Å². The van der Waals surface area contributed by atoms with Gasteiger partial charge in [-0.05, 0) is 25.1 Å². The summed E-state index contributed by atoms with van der Waals surface area (Å²) in [5.74, 6) is -4.11. The predicted molar refractivity (Wildman–Crippen MR) is 86.0 cm³/mol. The van der Waals surface area contributed by atoms with E-state index in [0.717, 1.165) is 22.9 Å². The Kier molecular flexibility index (Phi) is 4.37. The first kappa shape index (κ1) is 17.5. The van der Waals surface area contributed by atoms with Crippen molar-refractivity contribution in [1.29, 1.82) is 0 Å². The van der Waals surface area contributed by atoms with Crippen LogP contribution >= 0.6 is 0 Å². The molecule has 0 atom stereocenters. The van der Waals surface area contributed by atoms with Crippen molar-refractivity contribution in [1.82, 2.24) is 9.55 Å². The quantitative estimate of drug-likeness (QED) is 0.723. The highest BCUT2D eigenvalue weighted by molar-refractivity contribution is 5.93. The van der Waals surface area contributed by atoms with E-state index in [1.807, 2.05) is 0 Å². The van der Waals surface area contributed by atoms with Crippen LogP contribution in [0.3, 0.4) is 0 Å². The van der Waals surface area contributed by atoms with E-state index in [9.17, 15) is 27.6 Å². The van der Waals surface area contributed by atoms with Crippen LogP contribution in [-0.2, 0) is 4.74 Å². The molecule has 0 spiro atoms. The van der Waals surface area contributed by atoms with E-state index in [2.05, 4.69) is 4.98 Å². The number of ether oxygens (including phenoxy) is 1. The molecule has 0 saturated heterocycles. The number of hydrogen-bond donors (Lipinski definition) is 1. The lowest BCUT2D eigenvalue weighted by Crippen LogP contribution is -2.24. The van der Waals surface area contributed by atoms with Gasteiger partial charge in [0.25, 0.3) is 5.56 Å². The van der Waals surface area contributed by atoms with Gasteiger partial charge in [-0.3, -0.25) is 14.2 Å². The Morgan fingerprint density at radius 1 is 1.15 bits per heavy atom. The SMILES string of the molecule is CCOC(=O)c1cn(-c2ccc(F)cc2F)c2[nH]c(=O)c(F)cc2c1=O. The molecule has 0 fully saturated rings. The normalized spacial score (nSPS) is 10.9. The average molecular weight is 364 g/mol. The maximum Gasteiger partial charge on any atom is 0.343 e. The number of carbonyl (C=O) groups is 1. The van der Waals surface area contributed by atoms with E-state index in [1.54, 1.807) is 0 Å². The van der Waals surface area contributed by atoms with Crippen molar-refractivity contribution in [3.8, 4) is 5.69 Å². The van der Waals surface area contributed by atoms with Gasteiger partial charge in [0.2, 0.25) is 5.43 Å². The van der Waals surface area contributed by atoms with E-state index in [1.165, 1.54) is 6.92 Å². The number of nitrogens with zero attached hydrogens (tertiary/aromatic N) is 1. The number of rotatable bonds is 3. The Morgan fingerprint density at radius 3 is 2.54 bits per heavy atom. The average Bonchev–Trinajstić information content (AvgIpc) is 2.58. The van der Waals surface area contributed by atoms with Gasteiger partial charge in [0.15, 0.2) is 5.82 Å². The molecule has 0 aliphatic carbocycles. The first-order valence-corrected chi connectivity index (χ1v) is 7.44. The summed E-state index contributed by atoms with van der Waals surface area (Å²) in [7, 11) is 0. The molecule has 0 aliphatic heterocycles. The molecule has 2 heterocycles. The fourth-order valence-electron chi connectivity index (χ4n) is 2.48. The number of aromatic nitrogens is 2. The Bertz CT molecular complexity index is 1150. The lowest BCUT2D eigenvalue weighted by Gasteiger charge is -2.13. The molecule has 9 heteroatoms. The number of aromatic amines is 1. The van der Waals surface area contributed by atoms with Gasteiger partial charge >= 0.3 is 5.97 Å². The van der Waals surface area contributed by atoms with Crippen molar-refractivity contribution in [2.75, 3.05) is 6.61 Å². The number of pyridine rings is 2. The van der Waals surface area contributed by atoms with Crippen LogP contribution in [-0.4, -0.2) is 22.1 Å². The third kappa shape index (κ3) is 2.87. The number of nitrogens with one attached hydrogen (secondary N) is 1. The maximum atomic E-state index is 14.2. The largest absolute Gasteiger partial charge is 0.462 e. The second kappa shape index (κ2) is 6.51. The first-order valence-electron chi connectivity index (χ1n) is 7.44. The molecule has 26 heavy (non-hydrogen) atoms. The van der Waals surface area contributed by atoms with Crippen molar-refractivity contribution < 1.29 is 22.7 Å². The molecule has 3 rings (SSSR count). The lowest BCUT2D eigenvalue weighted by atomic mass is 10.1. The molecule has 2 aromatic heterocycles. The van der Waals surface area contributed by atoms with Crippen LogP contribution in [0.25, 0.3) is 16.7 Å². The summed E-state index contributed by atoms with van der Waals surface area (Å²) in [4.78, 5) is 38.2. The standard InChI is InChI=1S/C17H11F3N2O4/c1-2-26-17(25)10-7-22(13-4-3-8(18)5-11(13)19)15-9(14(10)23)6-12(20)16(24)21-15/h3-7H,2H2,1H3,(H,21,24). The van der Waals surface area contributed by atoms with E-state index in [-0.39, 0.29) is 23.3 Å². The minimum Gasteiger partial charge on any atom is -0.462 e. The molecule has 0 radical (unpaired) electrons. The van der Waals surface area contributed by atoms with Crippen molar-refractivity contribution in [3.05, 3.63) is 74.1 Å². The highest BCUT2D eigenvalue weighted by Crippen LogP contribution is 2.19. The number of H-pyrrole nitrogens is 1. The summed E-state index contributed by atoms with van der Waals surface area (Å²) in [6.07, 6.45) is 0.951. The summed E-state index contributed by atoms with van der Waals surface area (Å²) in [6.45, 7) is 1.50. The fourth-order valence-corrected chi connectivity index (χ4v) is 2.48. The van der Waals surface area contributed by atoms with Crippen LogP contribution in [0.4, 0.5) is 13.2 Å². The molecule has 3 aromatic rings. The van der Waals surface area contributed by atoms with E-state index in [0.29, 0.717) is 12.1 Å². The molecule has 1 aromatic carbocycles. The molecule has 6 nitrogen and oxygen atoms in total. The number of carbonyl (C=O) groups excluding carboxylic acids is 1. The Morgan fingerprint density at radius 2 is 1.88 bits per heavy atom. The number of esters is 1. The maximum absolute atomic E-state index is 14.2. The smallest absolute Gasteiger partial charge is 0.343 e. The molecule has 0 unspecified atom stereocenters. The minimum absolute atomic E-state index is 0.0266.